The Hall–Kier alpha value is -3.32. The third kappa shape index (κ3) is 6.09. The first kappa shape index (κ1) is 23.0. The molecule has 5 N–H and O–H groups in total. The predicted octanol–water partition coefficient (Wildman–Crippen LogP) is 1.57. The van der Waals surface area contributed by atoms with Gasteiger partial charge in [0.1, 0.15) is 17.3 Å². The highest BCUT2D eigenvalue weighted by atomic mass is 35.5. The molecule has 0 radical (unpaired) electrons. The molecule has 0 saturated carbocycles. The van der Waals surface area contributed by atoms with E-state index in [0.29, 0.717) is 23.8 Å². The number of benzene rings is 2. The van der Waals surface area contributed by atoms with Gasteiger partial charge in [-0.25, -0.2) is 14.2 Å². The van der Waals surface area contributed by atoms with E-state index in [1.165, 1.54) is 12.1 Å². The molecule has 0 aliphatic heterocycles. The Bertz CT molecular complexity index is 997. The number of ether oxygens (including phenoxy) is 1. The van der Waals surface area contributed by atoms with Gasteiger partial charge in [-0.15, -0.1) is 0 Å². The van der Waals surface area contributed by atoms with E-state index in [-0.39, 0.29) is 30.0 Å². The molecule has 0 saturated heterocycles. The van der Waals surface area contributed by atoms with E-state index in [4.69, 9.17) is 10.5 Å². The van der Waals surface area contributed by atoms with E-state index in [1.807, 2.05) is 32.0 Å². The van der Waals surface area contributed by atoms with E-state index in [0.717, 1.165) is 11.1 Å². The molecule has 1 aromatic heterocycles. The van der Waals surface area contributed by atoms with Crippen LogP contribution in [0.4, 0.5) is 26.5 Å². The smallest absolute Gasteiger partial charge is 0.417 e. The summed E-state index contributed by atoms with van der Waals surface area (Å²) in [6.07, 6.45) is -0.620. The van der Waals surface area contributed by atoms with Gasteiger partial charge in [-0.3, -0.25) is 5.32 Å². The number of hydrogen-bond acceptors (Lipinski definition) is 4. The maximum absolute atomic E-state index is 13.0. The predicted molar refractivity (Wildman–Crippen MR) is 111 cm³/mol. The average molecular weight is 431 g/mol. The maximum Gasteiger partial charge on any atom is 0.417 e. The zero-order chi connectivity index (χ0) is 20.8. The van der Waals surface area contributed by atoms with Gasteiger partial charge in [0, 0.05) is 6.07 Å². The lowest BCUT2D eigenvalue weighted by molar-refractivity contribution is -0.342. The molecule has 158 valence electrons. The van der Waals surface area contributed by atoms with Gasteiger partial charge >= 0.3 is 6.09 Å². The molecule has 0 aliphatic carbocycles. The SMILES string of the molecule is CC(C)c1ccccc1OC(=O)Nc1ccc(NCc2ccc(F)cc2)[nH+]c1N.[Cl-]. The molecule has 0 unspecified atom stereocenters. The lowest BCUT2D eigenvalue weighted by Crippen LogP contribution is -3.00. The van der Waals surface area contributed by atoms with Crippen LogP contribution < -0.4 is 38.5 Å². The van der Waals surface area contributed by atoms with Crippen LogP contribution in [-0.2, 0) is 6.54 Å². The third-order valence-electron chi connectivity index (χ3n) is 4.35. The third-order valence-corrected chi connectivity index (χ3v) is 4.35. The Morgan fingerprint density at radius 2 is 1.80 bits per heavy atom. The Labute approximate surface area is 181 Å². The first-order valence-corrected chi connectivity index (χ1v) is 9.30. The zero-order valence-corrected chi connectivity index (χ0v) is 17.5. The summed E-state index contributed by atoms with van der Waals surface area (Å²) in [5, 5.41) is 5.80. The van der Waals surface area contributed by atoms with Crippen molar-refractivity contribution >= 4 is 23.4 Å². The lowest BCUT2D eigenvalue weighted by Gasteiger charge is -2.13. The average Bonchev–Trinajstić information content (AvgIpc) is 2.69. The monoisotopic (exact) mass is 430 g/mol. The van der Waals surface area contributed by atoms with E-state index < -0.39 is 6.09 Å². The Morgan fingerprint density at radius 3 is 2.47 bits per heavy atom. The molecule has 0 atom stereocenters. The van der Waals surface area contributed by atoms with Gasteiger partial charge in [-0.1, -0.05) is 44.2 Å². The summed E-state index contributed by atoms with van der Waals surface area (Å²) in [5.74, 6) is 1.41. The summed E-state index contributed by atoms with van der Waals surface area (Å²) in [6, 6.07) is 17.0. The van der Waals surface area contributed by atoms with Crippen LogP contribution >= 0.6 is 0 Å². The van der Waals surface area contributed by atoms with Crippen molar-refractivity contribution in [1.29, 1.82) is 0 Å². The van der Waals surface area contributed by atoms with Gasteiger partial charge in [0.25, 0.3) is 0 Å². The number of halogens is 2. The number of carbonyl (C=O) groups is 1. The maximum atomic E-state index is 13.0. The Balaban J connectivity index is 0.00000320. The van der Waals surface area contributed by atoms with Crippen molar-refractivity contribution in [3.05, 3.63) is 77.6 Å². The summed E-state index contributed by atoms with van der Waals surface area (Å²) in [6.45, 7) is 4.56. The summed E-state index contributed by atoms with van der Waals surface area (Å²) < 4.78 is 18.4. The fourth-order valence-electron chi connectivity index (χ4n) is 2.81. The number of aromatic nitrogens is 1. The quantitative estimate of drug-likeness (QED) is 0.553. The molecule has 0 bridgehead atoms. The van der Waals surface area contributed by atoms with Crippen molar-refractivity contribution in [3.8, 4) is 5.75 Å². The van der Waals surface area contributed by atoms with E-state index in [9.17, 15) is 9.18 Å². The fraction of sp³-hybridized carbons (Fsp3) is 0.182. The van der Waals surface area contributed by atoms with Crippen LogP contribution in [0, 0.1) is 5.82 Å². The molecule has 8 heteroatoms. The minimum absolute atomic E-state index is 0. The number of amides is 1. The zero-order valence-electron chi connectivity index (χ0n) is 16.7. The minimum atomic E-state index is -0.620. The molecule has 30 heavy (non-hydrogen) atoms. The topological polar surface area (TPSA) is 90.5 Å². The van der Waals surface area contributed by atoms with Crippen molar-refractivity contribution in [2.24, 2.45) is 0 Å². The second kappa shape index (κ2) is 10.5. The number of para-hydroxylation sites is 1. The summed E-state index contributed by atoms with van der Waals surface area (Å²) >= 11 is 0. The summed E-state index contributed by atoms with van der Waals surface area (Å²) in [5.41, 5.74) is 8.29. The van der Waals surface area contributed by atoms with Crippen molar-refractivity contribution in [1.82, 2.24) is 0 Å². The number of pyridine rings is 1. The van der Waals surface area contributed by atoms with Crippen molar-refractivity contribution in [2.75, 3.05) is 16.4 Å². The second-order valence-corrected chi connectivity index (χ2v) is 6.89. The van der Waals surface area contributed by atoms with Crippen LogP contribution in [0.3, 0.4) is 0 Å². The summed E-state index contributed by atoms with van der Waals surface area (Å²) in [4.78, 5) is 15.3. The van der Waals surface area contributed by atoms with Crippen LogP contribution in [0.1, 0.15) is 30.9 Å². The van der Waals surface area contributed by atoms with Crippen LogP contribution in [0.5, 0.6) is 5.75 Å². The molecule has 1 amide bonds. The standard InChI is InChI=1S/C22H23FN4O2.ClH/c1-14(2)17-5-3-4-6-19(17)29-22(28)26-18-11-12-20(27-21(18)24)25-13-15-7-9-16(23)10-8-15;/h3-12,14H,13H2,1-2H3,(H,26,28)(H3,24,25,27);1H. The second-order valence-electron chi connectivity index (χ2n) is 6.89. The van der Waals surface area contributed by atoms with Crippen molar-refractivity contribution in [2.45, 2.75) is 26.3 Å². The molecule has 3 aromatic rings. The molecule has 6 nitrogen and oxygen atoms in total. The number of rotatable bonds is 6. The molecular weight excluding hydrogens is 407 g/mol. The van der Waals surface area contributed by atoms with Crippen molar-refractivity contribution < 1.29 is 31.3 Å². The van der Waals surface area contributed by atoms with Gasteiger partial charge in [-0.05, 0) is 41.3 Å². The molecule has 3 rings (SSSR count). The normalized spacial score (nSPS) is 10.3. The molecule has 0 aliphatic rings. The number of nitrogens with one attached hydrogen (secondary N) is 3. The molecule has 0 spiro atoms. The fourth-order valence-corrected chi connectivity index (χ4v) is 2.81. The van der Waals surface area contributed by atoms with E-state index >= 15 is 0 Å². The Morgan fingerprint density at radius 1 is 1.10 bits per heavy atom. The van der Waals surface area contributed by atoms with Gasteiger partial charge in [0.2, 0.25) is 11.6 Å². The van der Waals surface area contributed by atoms with Gasteiger partial charge in [0.05, 0.1) is 6.54 Å². The van der Waals surface area contributed by atoms with Crippen LogP contribution in [0.2, 0.25) is 0 Å². The largest absolute Gasteiger partial charge is 1.00 e. The van der Waals surface area contributed by atoms with Crippen molar-refractivity contribution in [3.63, 3.8) is 0 Å². The number of anilines is 3. The van der Waals surface area contributed by atoms with Crippen LogP contribution in [0.15, 0.2) is 60.7 Å². The van der Waals surface area contributed by atoms with Gasteiger partial charge < -0.3 is 28.2 Å². The number of hydrogen-bond donors (Lipinski definition) is 3. The number of nitrogen functional groups attached to an aromatic ring is 1. The molecule has 0 fully saturated rings. The highest BCUT2D eigenvalue weighted by molar-refractivity contribution is 5.89. The highest BCUT2D eigenvalue weighted by Crippen LogP contribution is 2.26. The number of H-pyrrole nitrogens is 1. The van der Waals surface area contributed by atoms with Crippen LogP contribution in [0.25, 0.3) is 0 Å². The summed E-state index contributed by atoms with van der Waals surface area (Å²) in [7, 11) is 0. The van der Waals surface area contributed by atoms with Gasteiger partial charge in [-0.2, -0.15) is 0 Å². The number of nitrogens with two attached hydrogens (primary N) is 1. The number of aromatic amines is 1. The highest BCUT2D eigenvalue weighted by Gasteiger charge is 2.14. The van der Waals surface area contributed by atoms with Crippen LogP contribution in [-0.4, -0.2) is 6.09 Å². The number of carbonyl (C=O) groups excluding carboxylic acids is 1. The molecule has 2 aromatic carbocycles. The van der Waals surface area contributed by atoms with E-state index in [2.05, 4.69) is 15.6 Å². The molecule has 1 heterocycles. The van der Waals surface area contributed by atoms with Gasteiger partial charge in [0.15, 0.2) is 0 Å². The first-order chi connectivity index (χ1) is 13.9. The van der Waals surface area contributed by atoms with E-state index in [1.54, 1.807) is 30.3 Å². The Kier molecular flexibility index (Phi) is 8.00. The molecular formula is C22H24ClFN4O2. The lowest BCUT2D eigenvalue weighted by atomic mass is 10.0. The minimum Gasteiger partial charge on any atom is -1.00 e. The first-order valence-electron chi connectivity index (χ1n) is 9.30.